The quantitative estimate of drug-likeness (QED) is 0.746. The van der Waals surface area contributed by atoms with E-state index in [1.54, 1.807) is 4.90 Å². The second kappa shape index (κ2) is 7.17. The van der Waals surface area contributed by atoms with Gasteiger partial charge in [0.1, 0.15) is 11.4 Å². The molecule has 0 aromatic heterocycles. The first-order valence-electron chi connectivity index (χ1n) is 6.92. The maximum atomic E-state index is 12.0. The highest BCUT2D eigenvalue weighted by atomic mass is 32.2. The van der Waals surface area contributed by atoms with Crippen LogP contribution in [0, 0.1) is 5.92 Å². The van der Waals surface area contributed by atoms with Gasteiger partial charge in [-0.25, -0.2) is 4.79 Å². The van der Waals surface area contributed by atoms with E-state index in [0.29, 0.717) is 19.5 Å². The van der Waals surface area contributed by atoms with Crippen LogP contribution in [-0.4, -0.2) is 47.0 Å². The van der Waals surface area contributed by atoms with E-state index in [4.69, 9.17) is 4.74 Å². The number of Topliss-reactive ketones (excluding diaryl/α,β-unsaturated/α-hetero) is 1. The van der Waals surface area contributed by atoms with Crippen LogP contribution < -0.4 is 0 Å². The average molecular weight is 287 g/mol. The van der Waals surface area contributed by atoms with Gasteiger partial charge >= 0.3 is 6.09 Å². The summed E-state index contributed by atoms with van der Waals surface area (Å²) in [6.45, 7) is 8.68. The minimum atomic E-state index is -0.480. The predicted molar refractivity (Wildman–Crippen MR) is 78.5 cm³/mol. The van der Waals surface area contributed by atoms with Crippen LogP contribution in [0.15, 0.2) is 0 Å². The van der Waals surface area contributed by atoms with E-state index in [1.165, 1.54) is 0 Å². The lowest BCUT2D eigenvalue weighted by atomic mass is 9.94. The molecule has 1 unspecified atom stereocenters. The summed E-state index contributed by atoms with van der Waals surface area (Å²) in [6, 6.07) is 0. The van der Waals surface area contributed by atoms with E-state index in [1.807, 2.05) is 32.5 Å². The molecule has 0 spiro atoms. The molecule has 19 heavy (non-hydrogen) atoms. The van der Waals surface area contributed by atoms with Crippen LogP contribution in [-0.2, 0) is 9.53 Å². The molecule has 1 atom stereocenters. The van der Waals surface area contributed by atoms with Crippen molar-refractivity contribution in [1.82, 2.24) is 4.90 Å². The van der Waals surface area contributed by atoms with Gasteiger partial charge in [-0.05, 0) is 38.7 Å². The fourth-order valence-corrected chi connectivity index (χ4v) is 2.76. The number of thioether (sulfide) groups is 1. The summed E-state index contributed by atoms with van der Waals surface area (Å²) >= 11 is 1.84. The fourth-order valence-electron chi connectivity index (χ4n) is 2.02. The summed E-state index contributed by atoms with van der Waals surface area (Å²) < 4.78 is 5.36. The van der Waals surface area contributed by atoms with Crippen molar-refractivity contribution >= 4 is 23.6 Å². The van der Waals surface area contributed by atoms with Gasteiger partial charge < -0.3 is 9.64 Å². The van der Waals surface area contributed by atoms with Crippen LogP contribution in [0.4, 0.5) is 4.79 Å². The first-order chi connectivity index (χ1) is 8.83. The lowest BCUT2D eigenvalue weighted by molar-refractivity contribution is -0.126. The zero-order valence-corrected chi connectivity index (χ0v) is 13.2. The van der Waals surface area contributed by atoms with Crippen molar-refractivity contribution in [1.29, 1.82) is 0 Å². The largest absolute Gasteiger partial charge is 0.444 e. The maximum Gasteiger partial charge on any atom is 0.410 e. The Hall–Kier alpha value is -0.710. The molecule has 5 heteroatoms. The molecule has 0 N–H and O–H groups in total. The Kier molecular flexibility index (Phi) is 6.17. The Morgan fingerprint density at radius 1 is 1.47 bits per heavy atom. The minimum Gasteiger partial charge on any atom is -0.444 e. The standard InChI is InChI=1S/C14H25NO3S/c1-5-19-9-7-11-10-15(8-6-12(11)16)13(17)18-14(2,3)4/h11H,5-10H2,1-4H3. The Labute approximate surface area is 120 Å². The van der Waals surface area contributed by atoms with Crippen molar-refractivity contribution in [3.05, 3.63) is 0 Å². The van der Waals surface area contributed by atoms with E-state index in [2.05, 4.69) is 6.92 Å². The van der Waals surface area contributed by atoms with Gasteiger partial charge in [0.25, 0.3) is 0 Å². The summed E-state index contributed by atoms with van der Waals surface area (Å²) in [5, 5.41) is 0. The molecule has 110 valence electrons. The Balaban J connectivity index is 2.49. The summed E-state index contributed by atoms with van der Waals surface area (Å²) in [7, 11) is 0. The molecule has 1 aliphatic rings. The molecular formula is C14H25NO3S. The molecule has 1 aliphatic heterocycles. The van der Waals surface area contributed by atoms with Crippen molar-refractivity contribution in [3.63, 3.8) is 0 Å². The molecular weight excluding hydrogens is 262 g/mol. The first-order valence-corrected chi connectivity index (χ1v) is 8.07. The fraction of sp³-hybridized carbons (Fsp3) is 0.857. The molecule has 0 aliphatic carbocycles. The Morgan fingerprint density at radius 3 is 2.74 bits per heavy atom. The number of hydrogen-bond acceptors (Lipinski definition) is 4. The van der Waals surface area contributed by atoms with E-state index < -0.39 is 5.60 Å². The van der Waals surface area contributed by atoms with E-state index in [0.717, 1.165) is 17.9 Å². The van der Waals surface area contributed by atoms with Crippen molar-refractivity contribution in [3.8, 4) is 0 Å². The molecule has 4 nitrogen and oxygen atoms in total. The zero-order chi connectivity index (χ0) is 14.5. The number of rotatable bonds is 4. The second-order valence-corrected chi connectivity index (χ2v) is 7.22. The molecule has 1 saturated heterocycles. The number of amides is 1. The van der Waals surface area contributed by atoms with Crippen LogP contribution >= 0.6 is 11.8 Å². The molecule has 1 amide bonds. The number of piperidine rings is 1. The summed E-state index contributed by atoms with van der Waals surface area (Å²) in [5.41, 5.74) is -0.480. The highest BCUT2D eigenvalue weighted by molar-refractivity contribution is 7.99. The zero-order valence-electron chi connectivity index (χ0n) is 12.4. The lowest BCUT2D eigenvalue weighted by Crippen LogP contribution is -2.46. The number of ether oxygens (including phenoxy) is 1. The monoisotopic (exact) mass is 287 g/mol. The first kappa shape index (κ1) is 16.3. The van der Waals surface area contributed by atoms with E-state index >= 15 is 0 Å². The number of hydrogen-bond donors (Lipinski definition) is 0. The van der Waals surface area contributed by atoms with Crippen molar-refractivity contribution in [2.45, 2.75) is 46.1 Å². The third-order valence-electron chi connectivity index (χ3n) is 2.99. The highest BCUT2D eigenvalue weighted by Gasteiger charge is 2.31. The Morgan fingerprint density at radius 2 is 2.16 bits per heavy atom. The second-order valence-electron chi connectivity index (χ2n) is 5.83. The van der Waals surface area contributed by atoms with E-state index in [9.17, 15) is 9.59 Å². The third kappa shape index (κ3) is 5.85. The van der Waals surface area contributed by atoms with Gasteiger partial charge in [-0.2, -0.15) is 11.8 Å². The summed E-state index contributed by atoms with van der Waals surface area (Å²) in [6.07, 6.45) is 1.02. The molecule has 1 rings (SSSR count). The number of nitrogens with zero attached hydrogens (tertiary/aromatic N) is 1. The van der Waals surface area contributed by atoms with Gasteiger partial charge in [-0.1, -0.05) is 6.92 Å². The smallest absolute Gasteiger partial charge is 0.410 e. The van der Waals surface area contributed by atoms with Gasteiger partial charge in [0.15, 0.2) is 0 Å². The van der Waals surface area contributed by atoms with Gasteiger partial charge in [0.05, 0.1) is 0 Å². The van der Waals surface area contributed by atoms with Crippen molar-refractivity contribution in [2.24, 2.45) is 5.92 Å². The molecule has 1 heterocycles. The average Bonchev–Trinajstić information content (AvgIpc) is 2.29. The molecule has 0 aromatic carbocycles. The van der Waals surface area contributed by atoms with Crippen LogP contribution in [0.1, 0.15) is 40.5 Å². The number of carbonyl (C=O) groups excluding carboxylic acids is 2. The van der Waals surface area contributed by atoms with Crippen LogP contribution in [0.3, 0.4) is 0 Å². The SMILES string of the molecule is CCSCCC1CN(C(=O)OC(C)(C)C)CCC1=O. The summed E-state index contributed by atoms with van der Waals surface area (Å²) in [5.74, 6) is 2.32. The van der Waals surface area contributed by atoms with Gasteiger partial charge in [0, 0.05) is 25.4 Å². The normalized spacial score (nSPS) is 20.5. The van der Waals surface area contributed by atoms with E-state index in [-0.39, 0.29) is 17.8 Å². The highest BCUT2D eigenvalue weighted by Crippen LogP contribution is 2.20. The van der Waals surface area contributed by atoms with Gasteiger partial charge in [-0.15, -0.1) is 0 Å². The third-order valence-corrected chi connectivity index (χ3v) is 3.92. The van der Waals surface area contributed by atoms with Crippen LogP contribution in [0.25, 0.3) is 0 Å². The molecule has 1 fully saturated rings. The van der Waals surface area contributed by atoms with Gasteiger partial charge in [-0.3, -0.25) is 4.79 Å². The molecule has 0 radical (unpaired) electrons. The Bertz CT molecular complexity index is 325. The summed E-state index contributed by atoms with van der Waals surface area (Å²) in [4.78, 5) is 25.5. The lowest BCUT2D eigenvalue weighted by Gasteiger charge is -2.33. The van der Waals surface area contributed by atoms with Gasteiger partial charge in [0.2, 0.25) is 0 Å². The van der Waals surface area contributed by atoms with Crippen LogP contribution in [0.5, 0.6) is 0 Å². The molecule has 0 aromatic rings. The topological polar surface area (TPSA) is 46.6 Å². The van der Waals surface area contributed by atoms with Crippen molar-refractivity contribution in [2.75, 3.05) is 24.6 Å². The predicted octanol–water partition coefficient (Wildman–Crippen LogP) is 2.96. The number of ketones is 1. The molecule has 0 bridgehead atoms. The van der Waals surface area contributed by atoms with Crippen LogP contribution in [0.2, 0.25) is 0 Å². The van der Waals surface area contributed by atoms with Crippen molar-refractivity contribution < 1.29 is 14.3 Å². The number of likely N-dealkylation sites (tertiary alicyclic amines) is 1. The molecule has 0 saturated carbocycles. The number of carbonyl (C=O) groups is 2. The maximum absolute atomic E-state index is 12.0. The minimum absolute atomic E-state index is 0.0136.